The Kier molecular flexibility index (Phi) is 1.99. The fourth-order valence-electron chi connectivity index (χ4n) is 1.21. The zero-order valence-electron chi connectivity index (χ0n) is 6.54. The summed E-state index contributed by atoms with van der Waals surface area (Å²) in [6, 6.07) is 6.65. The minimum absolute atomic E-state index is 0.0252. The summed E-state index contributed by atoms with van der Waals surface area (Å²) in [7, 11) is 0. The summed E-state index contributed by atoms with van der Waals surface area (Å²) >= 11 is 2.15. The molecular weight excluding hydrogens is 281 g/mol. The number of aromatic amines is 1. The molecule has 1 aromatic heterocycles. The number of hydrogen-bond donors (Lipinski definition) is 2. The topological polar surface area (TPSA) is 53.1 Å². The molecule has 1 heterocycles. The third-order valence-corrected chi connectivity index (χ3v) is 2.45. The van der Waals surface area contributed by atoms with Gasteiger partial charge in [0.15, 0.2) is 0 Å². The second-order valence-electron chi connectivity index (χ2n) is 2.71. The van der Waals surface area contributed by atoms with Gasteiger partial charge in [0.25, 0.3) is 5.56 Å². The first-order chi connectivity index (χ1) is 6.16. The lowest BCUT2D eigenvalue weighted by Crippen LogP contribution is -2.02. The van der Waals surface area contributed by atoms with E-state index < -0.39 is 0 Å². The van der Waals surface area contributed by atoms with Crippen molar-refractivity contribution in [1.82, 2.24) is 4.98 Å². The molecule has 0 aliphatic rings. The highest BCUT2D eigenvalue weighted by molar-refractivity contribution is 14.1. The second-order valence-corrected chi connectivity index (χ2v) is 3.95. The largest absolute Gasteiger partial charge is 0.507 e. The van der Waals surface area contributed by atoms with Crippen LogP contribution in [0.1, 0.15) is 0 Å². The van der Waals surface area contributed by atoms with E-state index in [-0.39, 0.29) is 11.3 Å². The van der Waals surface area contributed by atoms with Crippen molar-refractivity contribution in [3.8, 4) is 5.75 Å². The third-order valence-electron chi connectivity index (χ3n) is 1.78. The van der Waals surface area contributed by atoms with Crippen LogP contribution < -0.4 is 5.56 Å². The summed E-state index contributed by atoms with van der Waals surface area (Å²) in [5, 5.41) is 10.1. The SMILES string of the molecule is O=c1cc(O)c2cc(I)ccc2[nH]1. The number of benzene rings is 1. The summed E-state index contributed by atoms with van der Waals surface area (Å²) in [6.07, 6.45) is 0. The molecule has 0 aliphatic heterocycles. The molecule has 0 fully saturated rings. The highest BCUT2D eigenvalue weighted by Gasteiger charge is 2.01. The van der Waals surface area contributed by atoms with Gasteiger partial charge in [0.05, 0.1) is 5.52 Å². The van der Waals surface area contributed by atoms with E-state index in [4.69, 9.17) is 0 Å². The Hall–Kier alpha value is -1.04. The predicted octanol–water partition coefficient (Wildman–Crippen LogP) is 1.84. The third kappa shape index (κ3) is 1.53. The van der Waals surface area contributed by atoms with Crippen LogP contribution in [0.3, 0.4) is 0 Å². The van der Waals surface area contributed by atoms with Gasteiger partial charge >= 0.3 is 0 Å². The number of nitrogens with one attached hydrogen (secondary N) is 1. The van der Waals surface area contributed by atoms with Crippen LogP contribution in [0.15, 0.2) is 29.1 Å². The van der Waals surface area contributed by atoms with E-state index in [0.717, 1.165) is 3.57 Å². The Morgan fingerprint density at radius 3 is 2.85 bits per heavy atom. The zero-order valence-corrected chi connectivity index (χ0v) is 8.70. The summed E-state index contributed by atoms with van der Waals surface area (Å²) in [5.74, 6) is 0.0252. The first-order valence-corrected chi connectivity index (χ1v) is 4.76. The molecule has 2 aromatic rings. The molecule has 0 atom stereocenters. The Balaban J connectivity index is 2.95. The summed E-state index contributed by atoms with van der Waals surface area (Å²) < 4.78 is 1.02. The van der Waals surface area contributed by atoms with E-state index in [2.05, 4.69) is 27.6 Å². The minimum atomic E-state index is -0.286. The normalized spacial score (nSPS) is 10.5. The van der Waals surface area contributed by atoms with E-state index in [9.17, 15) is 9.90 Å². The lowest BCUT2D eigenvalue weighted by molar-refractivity contribution is 0.480. The Bertz CT molecular complexity index is 518. The van der Waals surface area contributed by atoms with Gasteiger partial charge in [-0.05, 0) is 40.8 Å². The van der Waals surface area contributed by atoms with Gasteiger partial charge in [-0.1, -0.05) is 0 Å². The smallest absolute Gasteiger partial charge is 0.252 e. The summed E-state index contributed by atoms with van der Waals surface area (Å²) in [6.45, 7) is 0. The predicted molar refractivity (Wildman–Crippen MR) is 59.0 cm³/mol. The molecule has 13 heavy (non-hydrogen) atoms. The average molecular weight is 287 g/mol. The number of pyridine rings is 1. The van der Waals surface area contributed by atoms with E-state index in [1.54, 1.807) is 6.07 Å². The fraction of sp³-hybridized carbons (Fsp3) is 0. The van der Waals surface area contributed by atoms with Crippen LogP contribution in [0.25, 0.3) is 10.9 Å². The van der Waals surface area contributed by atoms with E-state index in [1.165, 1.54) is 6.07 Å². The van der Waals surface area contributed by atoms with Gasteiger partial charge in [-0.3, -0.25) is 4.79 Å². The van der Waals surface area contributed by atoms with Crippen molar-refractivity contribution < 1.29 is 5.11 Å². The van der Waals surface area contributed by atoms with Crippen molar-refractivity contribution in [2.24, 2.45) is 0 Å². The Labute approximate surface area is 87.6 Å². The number of fused-ring (bicyclic) bond motifs is 1. The molecule has 1 aromatic carbocycles. The van der Waals surface area contributed by atoms with Gasteiger partial charge in [0.1, 0.15) is 5.75 Å². The number of aromatic nitrogens is 1. The lowest BCUT2D eigenvalue weighted by Gasteiger charge is -2.00. The molecule has 0 aliphatic carbocycles. The number of H-pyrrole nitrogens is 1. The van der Waals surface area contributed by atoms with Gasteiger partial charge in [-0.25, -0.2) is 0 Å². The molecule has 0 saturated carbocycles. The highest BCUT2D eigenvalue weighted by Crippen LogP contribution is 2.22. The zero-order chi connectivity index (χ0) is 9.42. The molecular formula is C9H6INO2. The van der Waals surface area contributed by atoms with Crippen LogP contribution in [0.4, 0.5) is 0 Å². The van der Waals surface area contributed by atoms with Crippen LogP contribution in [-0.2, 0) is 0 Å². The van der Waals surface area contributed by atoms with Crippen molar-refractivity contribution in [3.63, 3.8) is 0 Å². The monoisotopic (exact) mass is 287 g/mol. The number of halogens is 1. The Morgan fingerprint density at radius 2 is 2.08 bits per heavy atom. The lowest BCUT2D eigenvalue weighted by atomic mass is 10.2. The highest BCUT2D eigenvalue weighted by atomic mass is 127. The maximum atomic E-state index is 11.0. The van der Waals surface area contributed by atoms with Gasteiger partial charge in [0, 0.05) is 15.0 Å². The molecule has 2 N–H and O–H groups in total. The van der Waals surface area contributed by atoms with Crippen molar-refractivity contribution in [2.45, 2.75) is 0 Å². The van der Waals surface area contributed by atoms with Gasteiger partial charge in [-0.15, -0.1) is 0 Å². The molecule has 0 radical (unpaired) electrons. The average Bonchev–Trinajstić information content (AvgIpc) is 2.06. The van der Waals surface area contributed by atoms with Gasteiger partial charge in [-0.2, -0.15) is 0 Å². The molecule has 2 rings (SSSR count). The fourth-order valence-corrected chi connectivity index (χ4v) is 1.70. The molecule has 4 heteroatoms. The summed E-state index contributed by atoms with van der Waals surface area (Å²) in [4.78, 5) is 13.6. The molecule has 66 valence electrons. The van der Waals surface area contributed by atoms with E-state index in [0.29, 0.717) is 10.9 Å². The van der Waals surface area contributed by atoms with Crippen LogP contribution in [-0.4, -0.2) is 10.1 Å². The molecule has 0 saturated heterocycles. The maximum absolute atomic E-state index is 11.0. The molecule has 0 bridgehead atoms. The molecule has 3 nitrogen and oxygen atoms in total. The molecule has 0 unspecified atom stereocenters. The van der Waals surface area contributed by atoms with Crippen molar-refractivity contribution in [3.05, 3.63) is 38.2 Å². The maximum Gasteiger partial charge on any atom is 0.252 e. The minimum Gasteiger partial charge on any atom is -0.507 e. The van der Waals surface area contributed by atoms with Crippen molar-refractivity contribution >= 4 is 33.5 Å². The molecule has 0 spiro atoms. The quantitative estimate of drug-likeness (QED) is 0.726. The van der Waals surface area contributed by atoms with Gasteiger partial charge in [0.2, 0.25) is 0 Å². The Morgan fingerprint density at radius 1 is 1.31 bits per heavy atom. The van der Waals surface area contributed by atoms with Crippen LogP contribution in [0.5, 0.6) is 5.75 Å². The van der Waals surface area contributed by atoms with Gasteiger partial charge < -0.3 is 10.1 Å². The standard InChI is InChI=1S/C9H6INO2/c10-5-1-2-7-6(3-5)8(12)4-9(13)11-7/h1-4H,(H2,11,12,13). The molecule has 0 amide bonds. The second kappa shape index (κ2) is 3.02. The van der Waals surface area contributed by atoms with Crippen LogP contribution in [0, 0.1) is 3.57 Å². The van der Waals surface area contributed by atoms with Crippen molar-refractivity contribution in [1.29, 1.82) is 0 Å². The van der Waals surface area contributed by atoms with Crippen molar-refractivity contribution in [2.75, 3.05) is 0 Å². The van der Waals surface area contributed by atoms with Crippen LogP contribution >= 0.6 is 22.6 Å². The number of rotatable bonds is 0. The van der Waals surface area contributed by atoms with E-state index in [1.807, 2.05) is 12.1 Å². The number of hydrogen-bond acceptors (Lipinski definition) is 2. The first-order valence-electron chi connectivity index (χ1n) is 3.68. The summed E-state index contributed by atoms with van der Waals surface area (Å²) in [5.41, 5.74) is 0.372. The van der Waals surface area contributed by atoms with Crippen LogP contribution in [0.2, 0.25) is 0 Å². The first kappa shape index (κ1) is 8.55. The number of aromatic hydroxyl groups is 1. The van der Waals surface area contributed by atoms with E-state index >= 15 is 0 Å².